The number of para-hydroxylation sites is 1. The van der Waals surface area contributed by atoms with Gasteiger partial charge in [-0.1, -0.05) is 24.3 Å². The first kappa shape index (κ1) is 19.3. The standard InChI is InChI=1S/C24H27N3O3/c1-26-14-21(20-7-2-3-8-22(20)26)23(28)27-16-24(17-27)18(10-13-30-24)9-12-29-15-19-6-4-5-11-25-19/h2-8,11,14,18H,9-10,12-13,15-17H2,1H3. The van der Waals surface area contributed by atoms with E-state index in [2.05, 4.69) is 4.98 Å². The monoisotopic (exact) mass is 405 g/mol. The predicted octanol–water partition coefficient (Wildman–Crippen LogP) is 3.41. The number of fused-ring (bicyclic) bond motifs is 1. The van der Waals surface area contributed by atoms with Crippen molar-refractivity contribution in [3.05, 3.63) is 66.1 Å². The zero-order valence-corrected chi connectivity index (χ0v) is 17.3. The van der Waals surface area contributed by atoms with E-state index in [1.54, 1.807) is 6.20 Å². The fourth-order valence-corrected chi connectivity index (χ4v) is 4.85. The van der Waals surface area contributed by atoms with Crippen molar-refractivity contribution >= 4 is 16.8 Å². The van der Waals surface area contributed by atoms with E-state index in [0.29, 0.717) is 32.2 Å². The normalized spacial score (nSPS) is 20.0. The minimum Gasteiger partial charge on any atom is -0.375 e. The van der Waals surface area contributed by atoms with Crippen LogP contribution in [0, 0.1) is 5.92 Å². The summed E-state index contributed by atoms with van der Waals surface area (Å²) in [6.45, 7) is 3.32. The first-order valence-corrected chi connectivity index (χ1v) is 10.6. The maximum Gasteiger partial charge on any atom is 0.256 e. The van der Waals surface area contributed by atoms with Gasteiger partial charge in [0.25, 0.3) is 5.91 Å². The van der Waals surface area contributed by atoms with Crippen LogP contribution >= 0.6 is 0 Å². The van der Waals surface area contributed by atoms with Gasteiger partial charge in [0.15, 0.2) is 0 Å². The predicted molar refractivity (Wildman–Crippen MR) is 114 cm³/mol. The molecule has 2 aliphatic rings. The summed E-state index contributed by atoms with van der Waals surface area (Å²) in [5, 5.41) is 1.01. The number of amides is 1. The van der Waals surface area contributed by atoms with Crippen molar-refractivity contribution in [3.63, 3.8) is 0 Å². The zero-order valence-electron chi connectivity index (χ0n) is 17.3. The Kier molecular flexibility index (Phi) is 5.05. The number of likely N-dealkylation sites (tertiary alicyclic amines) is 1. The van der Waals surface area contributed by atoms with Crippen LogP contribution in [0.5, 0.6) is 0 Å². The molecular formula is C24H27N3O3. The summed E-state index contributed by atoms with van der Waals surface area (Å²) in [6, 6.07) is 13.9. The summed E-state index contributed by atoms with van der Waals surface area (Å²) < 4.78 is 14.0. The molecule has 30 heavy (non-hydrogen) atoms. The van der Waals surface area contributed by atoms with E-state index < -0.39 is 0 Å². The topological polar surface area (TPSA) is 56.6 Å². The molecule has 1 atom stereocenters. The second-order valence-corrected chi connectivity index (χ2v) is 8.39. The Morgan fingerprint density at radius 2 is 2.07 bits per heavy atom. The summed E-state index contributed by atoms with van der Waals surface area (Å²) in [7, 11) is 1.98. The second kappa shape index (κ2) is 7.85. The lowest BCUT2D eigenvalue weighted by Gasteiger charge is -2.50. The van der Waals surface area contributed by atoms with Gasteiger partial charge in [0, 0.05) is 43.6 Å². The highest BCUT2D eigenvalue weighted by molar-refractivity contribution is 6.07. The molecule has 0 saturated carbocycles. The van der Waals surface area contributed by atoms with Crippen LogP contribution in [0.4, 0.5) is 0 Å². The summed E-state index contributed by atoms with van der Waals surface area (Å²) in [5.74, 6) is 0.524. The number of benzene rings is 1. The van der Waals surface area contributed by atoms with Gasteiger partial charge in [0.05, 0.1) is 31.0 Å². The third kappa shape index (κ3) is 3.40. The molecule has 5 rings (SSSR count). The molecule has 1 spiro atoms. The van der Waals surface area contributed by atoms with Crippen LogP contribution in [-0.4, -0.2) is 52.3 Å². The van der Waals surface area contributed by atoms with E-state index in [4.69, 9.17) is 9.47 Å². The number of rotatable bonds is 6. The quantitative estimate of drug-likeness (QED) is 0.590. The molecule has 156 valence electrons. The number of aromatic nitrogens is 2. The van der Waals surface area contributed by atoms with Gasteiger partial charge in [-0.25, -0.2) is 0 Å². The molecule has 1 amide bonds. The Hall–Kier alpha value is -2.70. The SMILES string of the molecule is Cn1cc(C(=O)N2CC3(C2)OCCC3CCOCc2ccccn2)c2ccccc21. The van der Waals surface area contributed by atoms with Gasteiger partial charge >= 0.3 is 0 Å². The number of nitrogens with zero attached hydrogens (tertiary/aromatic N) is 3. The number of ether oxygens (including phenoxy) is 2. The van der Waals surface area contributed by atoms with Crippen LogP contribution in [-0.2, 0) is 23.1 Å². The highest BCUT2D eigenvalue weighted by Crippen LogP contribution is 2.42. The molecule has 2 fully saturated rings. The maximum atomic E-state index is 13.1. The molecule has 2 saturated heterocycles. The summed E-state index contributed by atoms with van der Waals surface area (Å²) >= 11 is 0. The lowest BCUT2D eigenvalue weighted by Crippen LogP contribution is -2.66. The summed E-state index contributed by atoms with van der Waals surface area (Å²) in [5.41, 5.74) is 2.60. The van der Waals surface area contributed by atoms with Crippen LogP contribution in [0.15, 0.2) is 54.9 Å². The van der Waals surface area contributed by atoms with Crippen molar-refractivity contribution in [3.8, 4) is 0 Å². The molecule has 0 N–H and O–H groups in total. The first-order chi connectivity index (χ1) is 14.7. The Balaban J connectivity index is 1.18. The van der Waals surface area contributed by atoms with Crippen LogP contribution in [0.1, 0.15) is 28.9 Å². The van der Waals surface area contributed by atoms with Gasteiger partial charge in [-0.05, 0) is 37.0 Å². The molecule has 6 nitrogen and oxygen atoms in total. The van der Waals surface area contributed by atoms with Crippen molar-refractivity contribution in [2.24, 2.45) is 13.0 Å². The van der Waals surface area contributed by atoms with Gasteiger partial charge in [-0.15, -0.1) is 0 Å². The number of hydrogen-bond donors (Lipinski definition) is 0. The van der Waals surface area contributed by atoms with E-state index >= 15 is 0 Å². The highest BCUT2D eigenvalue weighted by atomic mass is 16.5. The molecule has 3 aromatic rings. The molecule has 4 heterocycles. The molecule has 2 aliphatic heterocycles. The van der Waals surface area contributed by atoms with E-state index in [9.17, 15) is 4.79 Å². The zero-order chi connectivity index (χ0) is 20.6. The van der Waals surface area contributed by atoms with E-state index in [1.165, 1.54) is 0 Å². The average Bonchev–Trinajstić information content (AvgIpc) is 3.32. The minimum absolute atomic E-state index is 0.0954. The summed E-state index contributed by atoms with van der Waals surface area (Å²) in [6.07, 6.45) is 5.71. The van der Waals surface area contributed by atoms with Gasteiger partial charge in [0.2, 0.25) is 0 Å². The maximum absolute atomic E-state index is 13.1. The minimum atomic E-state index is -0.200. The van der Waals surface area contributed by atoms with Gasteiger partial charge in [-0.3, -0.25) is 9.78 Å². The first-order valence-electron chi connectivity index (χ1n) is 10.6. The second-order valence-electron chi connectivity index (χ2n) is 8.39. The van der Waals surface area contributed by atoms with E-state index in [0.717, 1.165) is 41.6 Å². The molecule has 0 bridgehead atoms. The molecule has 0 radical (unpaired) electrons. The van der Waals surface area contributed by atoms with Gasteiger partial charge in [-0.2, -0.15) is 0 Å². The Morgan fingerprint density at radius 3 is 2.90 bits per heavy atom. The molecule has 2 aromatic heterocycles. The van der Waals surface area contributed by atoms with Crippen LogP contribution in [0.25, 0.3) is 10.9 Å². The van der Waals surface area contributed by atoms with Crippen LogP contribution in [0.2, 0.25) is 0 Å². The number of carbonyl (C=O) groups is 1. The lowest BCUT2D eigenvalue weighted by atomic mass is 9.79. The fraction of sp³-hybridized carbons (Fsp3) is 0.417. The largest absolute Gasteiger partial charge is 0.375 e. The van der Waals surface area contributed by atoms with Crippen molar-refractivity contribution in [1.29, 1.82) is 0 Å². The number of carbonyl (C=O) groups excluding carboxylic acids is 1. The number of pyridine rings is 1. The van der Waals surface area contributed by atoms with E-state index in [-0.39, 0.29) is 11.5 Å². The Labute approximate surface area is 176 Å². The fourth-order valence-electron chi connectivity index (χ4n) is 4.85. The van der Waals surface area contributed by atoms with Gasteiger partial charge < -0.3 is 18.9 Å². The third-order valence-corrected chi connectivity index (χ3v) is 6.52. The third-order valence-electron chi connectivity index (χ3n) is 6.52. The van der Waals surface area contributed by atoms with Crippen LogP contribution < -0.4 is 0 Å². The lowest BCUT2D eigenvalue weighted by molar-refractivity contribution is -0.120. The molecule has 0 aliphatic carbocycles. The van der Waals surface area contributed by atoms with Gasteiger partial charge in [0.1, 0.15) is 5.60 Å². The van der Waals surface area contributed by atoms with Crippen molar-refractivity contribution < 1.29 is 14.3 Å². The van der Waals surface area contributed by atoms with Crippen LogP contribution in [0.3, 0.4) is 0 Å². The molecule has 6 heteroatoms. The number of hydrogen-bond acceptors (Lipinski definition) is 4. The average molecular weight is 405 g/mol. The van der Waals surface area contributed by atoms with Crippen molar-refractivity contribution in [2.45, 2.75) is 25.0 Å². The smallest absolute Gasteiger partial charge is 0.256 e. The van der Waals surface area contributed by atoms with Crippen molar-refractivity contribution in [2.75, 3.05) is 26.3 Å². The molecule has 1 aromatic carbocycles. The Bertz CT molecular complexity index is 1040. The van der Waals surface area contributed by atoms with E-state index in [1.807, 2.05) is 65.2 Å². The molecular weight excluding hydrogens is 378 g/mol. The number of aryl methyl sites for hydroxylation is 1. The van der Waals surface area contributed by atoms with Crippen molar-refractivity contribution in [1.82, 2.24) is 14.5 Å². The highest BCUT2D eigenvalue weighted by Gasteiger charge is 2.54. The molecule has 1 unspecified atom stereocenters. The summed E-state index contributed by atoms with van der Waals surface area (Å²) in [4.78, 5) is 19.4. The Morgan fingerprint density at radius 1 is 1.23 bits per heavy atom.